The summed E-state index contributed by atoms with van der Waals surface area (Å²) < 4.78 is 10.3. The highest BCUT2D eigenvalue weighted by Gasteiger charge is 2.26. The fraction of sp³-hybridized carbons (Fsp3) is 0.375. The number of likely N-dealkylation sites (tertiary alicyclic amines) is 1. The average Bonchev–Trinajstić information content (AvgIpc) is 2.71. The summed E-state index contributed by atoms with van der Waals surface area (Å²) in [7, 11) is 0. The van der Waals surface area contributed by atoms with Gasteiger partial charge < -0.3 is 14.4 Å². The molecule has 0 bridgehead atoms. The molecule has 0 unspecified atom stereocenters. The summed E-state index contributed by atoms with van der Waals surface area (Å²) >= 11 is 0. The number of carbonyl (C=O) groups is 3. The molecule has 158 valence electrons. The number of hydrogen-bond donors (Lipinski definition) is 0. The first-order chi connectivity index (χ1) is 14.3. The average molecular weight is 409 g/mol. The number of amides is 1. The maximum atomic E-state index is 12.4. The zero-order chi connectivity index (χ0) is 21.7. The minimum Gasteiger partial charge on any atom is -0.452 e. The van der Waals surface area contributed by atoms with Crippen LogP contribution in [0.2, 0.25) is 0 Å². The number of piperidine rings is 1. The molecule has 3 rings (SSSR count). The van der Waals surface area contributed by atoms with E-state index in [1.54, 1.807) is 29.2 Å². The van der Waals surface area contributed by atoms with Crippen LogP contribution in [-0.4, -0.2) is 42.4 Å². The minimum absolute atomic E-state index is 0.147. The molecular weight excluding hydrogens is 382 g/mol. The molecule has 1 saturated heterocycles. The first-order valence-electron chi connectivity index (χ1n) is 10.2. The molecule has 0 aliphatic carbocycles. The van der Waals surface area contributed by atoms with Gasteiger partial charge in [0.1, 0.15) is 5.75 Å². The molecule has 30 heavy (non-hydrogen) atoms. The van der Waals surface area contributed by atoms with Gasteiger partial charge in [-0.1, -0.05) is 38.1 Å². The molecule has 6 nitrogen and oxygen atoms in total. The maximum Gasteiger partial charge on any atom is 0.338 e. The third-order valence-electron chi connectivity index (χ3n) is 5.12. The van der Waals surface area contributed by atoms with Gasteiger partial charge >= 0.3 is 11.9 Å². The standard InChI is InChI=1S/C24H27NO5/c1-16-12-17(2)14-25(13-16)23(27)15-29-24(28)21-6-4-19(5-7-21)20-8-10-22(11-9-20)30-18(3)26/h4-11,16-17H,12-15H2,1-3H3/t16-,17-/m0/s1. The number of rotatable bonds is 5. The molecule has 0 N–H and O–H groups in total. The van der Waals surface area contributed by atoms with Crippen molar-refractivity contribution < 1.29 is 23.9 Å². The Kier molecular flexibility index (Phi) is 6.87. The van der Waals surface area contributed by atoms with Gasteiger partial charge in [0, 0.05) is 20.0 Å². The van der Waals surface area contributed by atoms with E-state index >= 15 is 0 Å². The Bertz CT molecular complexity index is 894. The molecule has 1 amide bonds. The van der Waals surface area contributed by atoms with Crippen LogP contribution in [0.25, 0.3) is 11.1 Å². The van der Waals surface area contributed by atoms with E-state index in [4.69, 9.17) is 9.47 Å². The summed E-state index contributed by atoms with van der Waals surface area (Å²) in [6.45, 7) is 6.81. The number of ether oxygens (including phenoxy) is 2. The van der Waals surface area contributed by atoms with Gasteiger partial charge in [-0.05, 0) is 53.6 Å². The van der Waals surface area contributed by atoms with Crippen LogP contribution in [-0.2, 0) is 14.3 Å². The summed E-state index contributed by atoms with van der Waals surface area (Å²) in [5.74, 6) is 0.375. The molecule has 0 aromatic heterocycles. The van der Waals surface area contributed by atoms with Gasteiger partial charge in [-0.25, -0.2) is 4.79 Å². The molecule has 2 aromatic rings. The third-order valence-corrected chi connectivity index (χ3v) is 5.12. The fourth-order valence-corrected chi connectivity index (χ4v) is 3.85. The smallest absolute Gasteiger partial charge is 0.338 e. The molecule has 2 atom stereocenters. The summed E-state index contributed by atoms with van der Waals surface area (Å²) in [5, 5.41) is 0. The lowest BCUT2D eigenvalue weighted by atomic mass is 9.92. The molecule has 0 radical (unpaired) electrons. The summed E-state index contributed by atoms with van der Waals surface area (Å²) in [6.07, 6.45) is 1.11. The number of hydrogen-bond acceptors (Lipinski definition) is 5. The Hall–Kier alpha value is -3.15. The van der Waals surface area contributed by atoms with E-state index in [2.05, 4.69) is 13.8 Å². The van der Waals surface area contributed by atoms with Gasteiger partial charge in [0.05, 0.1) is 5.56 Å². The van der Waals surface area contributed by atoms with E-state index < -0.39 is 5.97 Å². The summed E-state index contributed by atoms with van der Waals surface area (Å²) in [4.78, 5) is 37.5. The monoisotopic (exact) mass is 409 g/mol. The van der Waals surface area contributed by atoms with Crippen molar-refractivity contribution in [3.8, 4) is 16.9 Å². The summed E-state index contributed by atoms with van der Waals surface area (Å²) in [5.41, 5.74) is 2.23. The van der Waals surface area contributed by atoms with Gasteiger partial charge in [-0.15, -0.1) is 0 Å². The summed E-state index contributed by atoms with van der Waals surface area (Å²) in [6, 6.07) is 14.1. The second-order valence-electron chi connectivity index (χ2n) is 8.02. The van der Waals surface area contributed by atoms with E-state index in [9.17, 15) is 14.4 Å². The van der Waals surface area contributed by atoms with Crippen molar-refractivity contribution >= 4 is 17.8 Å². The first kappa shape index (κ1) is 21.6. The van der Waals surface area contributed by atoms with Crippen LogP contribution < -0.4 is 4.74 Å². The largest absolute Gasteiger partial charge is 0.452 e. The predicted octanol–water partition coefficient (Wildman–Crippen LogP) is 3.94. The molecular formula is C24H27NO5. The topological polar surface area (TPSA) is 72.9 Å². The molecule has 1 aliphatic heterocycles. The van der Waals surface area contributed by atoms with Crippen molar-refractivity contribution in [1.82, 2.24) is 4.90 Å². The molecule has 0 saturated carbocycles. The zero-order valence-electron chi connectivity index (χ0n) is 17.6. The lowest BCUT2D eigenvalue weighted by Crippen LogP contribution is -2.44. The lowest BCUT2D eigenvalue weighted by Gasteiger charge is -2.34. The highest BCUT2D eigenvalue weighted by Crippen LogP contribution is 2.24. The second kappa shape index (κ2) is 9.57. The van der Waals surface area contributed by atoms with Crippen LogP contribution in [0.3, 0.4) is 0 Å². The van der Waals surface area contributed by atoms with Crippen molar-refractivity contribution in [3.05, 3.63) is 54.1 Å². The Morgan fingerprint density at radius 1 is 0.900 bits per heavy atom. The van der Waals surface area contributed by atoms with Crippen molar-refractivity contribution in [3.63, 3.8) is 0 Å². The van der Waals surface area contributed by atoms with Crippen molar-refractivity contribution in [1.29, 1.82) is 0 Å². The molecule has 0 spiro atoms. The normalized spacial score (nSPS) is 18.6. The van der Waals surface area contributed by atoms with E-state index in [1.165, 1.54) is 6.92 Å². The predicted molar refractivity (Wildman–Crippen MR) is 113 cm³/mol. The zero-order valence-corrected chi connectivity index (χ0v) is 17.6. The van der Waals surface area contributed by atoms with Crippen LogP contribution >= 0.6 is 0 Å². The Labute approximate surface area is 176 Å². The van der Waals surface area contributed by atoms with Crippen molar-refractivity contribution in [2.75, 3.05) is 19.7 Å². The van der Waals surface area contributed by atoms with E-state index in [-0.39, 0.29) is 18.5 Å². The van der Waals surface area contributed by atoms with Gasteiger partial charge in [0.25, 0.3) is 5.91 Å². The highest BCUT2D eigenvalue weighted by atomic mass is 16.5. The van der Waals surface area contributed by atoms with Crippen LogP contribution in [0.15, 0.2) is 48.5 Å². The third kappa shape index (κ3) is 5.69. The lowest BCUT2D eigenvalue weighted by molar-refractivity contribution is -0.137. The van der Waals surface area contributed by atoms with E-state index in [0.717, 1.165) is 17.5 Å². The van der Waals surface area contributed by atoms with Gasteiger partial charge in [-0.2, -0.15) is 0 Å². The van der Waals surface area contributed by atoms with Crippen LogP contribution in [0, 0.1) is 11.8 Å². The van der Waals surface area contributed by atoms with Crippen molar-refractivity contribution in [2.24, 2.45) is 11.8 Å². The Morgan fingerprint density at radius 2 is 1.43 bits per heavy atom. The Balaban J connectivity index is 1.56. The quantitative estimate of drug-likeness (QED) is 0.552. The number of nitrogens with zero attached hydrogens (tertiary/aromatic N) is 1. The van der Waals surface area contributed by atoms with E-state index in [1.807, 2.05) is 24.3 Å². The first-order valence-corrected chi connectivity index (χ1v) is 10.2. The maximum absolute atomic E-state index is 12.4. The molecule has 2 aromatic carbocycles. The number of carbonyl (C=O) groups excluding carboxylic acids is 3. The highest BCUT2D eigenvalue weighted by molar-refractivity contribution is 5.92. The van der Waals surface area contributed by atoms with E-state index in [0.29, 0.717) is 36.2 Å². The van der Waals surface area contributed by atoms with Crippen LogP contribution in [0.1, 0.15) is 37.6 Å². The van der Waals surface area contributed by atoms with Gasteiger partial charge in [0.2, 0.25) is 0 Å². The van der Waals surface area contributed by atoms with Gasteiger partial charge in [0.15, 0.2) is 6.61 Å². The van der Waals surface area contributed by atoms with Crippen LogP contribution in [0.4, 0.5) is 0 Å². The molecule has 1 aliphatic rings. The SMILES string of the molecule is CC(=O)Oc1ccc(-c2ccc(C(=O)OCC(=O)N3C[C@@H](C)C[C@H](C)C3)cc2)cc1. The number of benzene rings is 2. The van der Waals surface area contributed by atoms with Crippen molar-refractivity contribution in [2.45, 2.75) is 27.2 Å². The second-order valence-corrected chi connectivity index (χ2v) is 8.02. The van der Waals surface area contributed by atoms with Gasteiger partial charge in [-0.3, -0.25) is 9.59 Å². The Morgan fingerprint density at radius 3 is 1.97 bits per heavy atom. The molecule has 1 heterocycles. The minimum atomic E-state index is -0.516. The molecule has 6 heteroatoms. The molecule has 1 fully saturated rings. The van der Waals surface area contributed by atoms with Crippen LogP contribution in [0.5, 0.6) is 5.75 Å². The fourth-order valence-electron chi connectivity index (χ4n) is 3.85. The number of esters is 2.